The highest BCUT2D eigenvalue weighted by Crippen LogP contribution is 2.38. The van der Waals surface area contributed by atoms with Gasteiger partial charge >= 0.3 is 5.97 Å². The van der Waals surface area contributed by atoms with Crippen molar-refractivity contribution >= 4 is 17.8 Å². The Kier molecular flexibility index (Phi) is 8.91. The van der Waals surface area contributed by atoms with Crippen LogP contribution in [0.4, 0.5) is 8.78 Å². The number of benzene rings is 4. The molecule has 4 aromatic rings. The van der Waals surface area contributed by atoms with Gasteiger partial charge in [0.2, 0.25) is 30.7 Å². The van der Waals surface area contributed by atoms with Crippen molar-refractivity contribution in [3.63, 3.8) is 0 Å². The van der Waals surface area contributed by atoms with Crippen LogP contribution in [-0.2, 0) is 46.2 Å². The smallest absolute Gasteiger partial charge is 0.304 e. The van der Waals surface area contributed by atoms with Crippen LogP contribution in [0.2, 0.25) is 0 Å². The number of amides is 2. The van der Waals surface area contributed by atoms with E-state index in [2.05, 4.69) is 52.2 Å². The number of ether oxygens (including phenoxy) is 6. The molecule has 0 aromatic heterocycles. The Hall–Kier alpha value is -5.49. The molecule has 16 heteroatoms. The summed E-state index contributed by atoms with van der Waals surface area (Å²) >= 11 is 0. The molecule has 0 saturated carbocycles. The Morgan fingerprint density at radius 2 is 1.04 bits per heavy atom. The van der Waals surface area contributed by atoms with Gasteiger partial charge in [0.1, 0.15) is 41.4 Å². The SMILES string of the molecule is CC(=O)NCCc1ccc(OC2O[C@H](CO)[C@@H](O)[C@H]2O)cc1-c1cccc(F)c1.CC[C@H]1OC(Oc2ccc(CCNC(C)=O)c(-c3cccc(F)c3)c2)[C@H](C)[C@@H]1C.CC[C@H]1O[C@@H](OC(C)=O)[C@H](C)[C@@H]1C.[3HH].[3H][3H].[3H][3H].[3H][3H].[3H][3H].[3H][3H].[3H][3H].[3H][3H].[3H][3H].[3H][3H].[3H][3H].[3H][3H].[3H][3H].[3H][3H].[3H][3H].[3H][3H].[3H][3H].[3H][3H].[3H][3H].[3H][3H].[3H][3H].[3H][3H].[3H][3H].[3H][3H].[3H][3H].[3H][3H].[3H][3H].[3H][3H].[3H][3H].[3H][3H].[3H][3H].[3H][3H].[3H][3H].[3H][3H].[3H][3H].[3H][3H].[3H][3H].[3H][3H].[3H][3H]. The van der Waals surface area contributed by atoms with Crippen molar-refractivity contribution in [1.29, 1.82) is 0 Å². The summed E-state index contributed by atoms with van der Waals surface area (Å²) in [4.78, 5) is 33.1. The predicted octanol–water partition coefficient (Wildman–Crippen LogP) is 17.5. The molecule has 3 saturated heterocycles. The number of aliphatic hydroxyl groups excluding tert-OH is 3. The van der Waals surface area contributed by atoms with Crippen molar-refractivity contribution in [1.82, 2.24) is 10.6 Å². The maximum Gasteiger partial charge on any atom is 0.304 e. The zero-order valence-corrected chi connectivity index (χ0v) is 42.2. The van der Waals surface area contributed by atoms with E-state index in [4.69, 9.17) is 141 Å². The predicted molar refractivity (Wildman–Crippen MR) is 346 cm³/mol. The molecule has 0 bridgehead atoms. The van der Waals surface area contributed by atoms with Gasteiger partial charge in [-0.1, -0.05) is 77.9 Å². The Morgan fingerprint density at radius 3 is 1.44 bits per heavy atom. The van der Waals surface area contributed by atoms with Crippen LogP contribution < -0.4 is 20.1 Å². The monoisotopic (exact) mass is 1220 g/mol. The summed E-state index contributed by atoms with van der Waals surface area (Å²) in [5.74, 6) is 1.41. The summed E-state index contributed by atoms with van der Waals surface area (Å²) in [5, 5.41) is 34.7. The maximum absolute atomic E-state index is 13.8. The third-order valence-electron chi connectivity index (χ3n) is 13.4. The lowest BCUT2D eigenvalue weighted by atomic mass is 9.92. The van der Waals surface area contributed by atoms with Crippen LogP contribution in [-0.4, -0.2) is 102 Å². The third-order valence-corrected chi connectivity index (χ3v) is 13.4. The van der Waals surface area contributed by atoms with Gasteiger partial charge in [-0.05, 0) is 119 Å². The maximum atomic E-state index is 13.8. The van der Waals surface area contributed by atoms with Crippen LogP contribution in [0.15, 0.2) is 84.9 Å². The first-order valence-corrected chi connectivity index (χ1v) is 24.5. The molecule has 0 spiro atoms. The summed E-state index contributed by atoms with van der Waals surface area (Å²) < 4.78 is 442. The molecular weight excluding hydrogens is 919 g/mol. The number of halogens is 2. The summed E-state index contributed by atoms with van der Waals surface area (Å²) in [6, 6.07) is 23.6. The van der Waals surface area contributed by atoms with Gasteiger partial charge < -0.3 is 54.4 Å². The highest BCUT2D eigenvalue weighted by atomic mass is 19.1. The van der Waals surface area contributed by atoms with E-state index in [-0.39, 0.29) is 61.6 Å². The number of esters is 1. The van der Waals surface area contributed by atoms with Crippen LogP contribution in [0, 0.1) is 35.3 Å². The van der Waals surface area contributed by atoms with Gasteiger partial charge in [0, 0.05) is 160 Å². The lowest BCUT2D eigenvalue weighted by Gasteiger charge is -2.20. The molecule has 3 fully saturated rings. The van der Waals surface area contributed by atoms with E-state index >= 15 is 0 Å². The Balaban J connectivity index is -0.0000000301. The van der Waals surface area contributed by atoms with Crippen LogP contribution in [0.25, 0.3) is 22.3 Å². The molecule has 14 nitrogen and oxygen atoms in total. The van der Waals surface area contributed by atoms with Crippen molar-refractivity contribution in [2.75, 3.05) is 19.7 Å². The summed E-state index contributed by atoms with van der Waals surface area (Å²) in [6.07, 6.45) is -1.73. The van der Waals surface area contributed by atoms with Gasteiger partial charge in [0.15, 0.2) is 0 Å². The first-order chi connectivity index (χ1) is 71.8. The molecule has 3 aliphatic rings. The standard InChI is InChI=1S/C24H30FNO3.C21H24FNO6.C10H18O3.39H2/c1-5-23-15(2)16(3)24(29-23)28-21-10-9-18(11-12-26-17(4)27)22(14-21)19-7-6-8-20(25)13-19;1-12(25)23-8-7-13-5-6-16(10-17(13)14-3-2-4-15(22)9-14)28-21-20(27)19(26)18(11-24)29-21;1-5-9-6(2)7(3)10(13-9)12-8(4)11;;;;;;;;;;;;;;;;;;;;;;;;;;;;;;;;;;;;;;;/h6-10,13-16,23-24H,5,11-12H2,1-4H3,(H,26,27);2-6,9-10,18-21,24,26-27H,7-8,11H2,1H3,(H,23,25);6-7,9-10H,5H2,1-4H3;39*1H/t15-,16+,23+,24?;18-,19-,20-,21?;6-,7+,9+,10+;;;;;;;;;;;;;;;;;;;;;;;;;;;;;;;;;;;;;;;/m010......................................./s1/i;;;38*1+2T;1+2. The minimum absolute atomic E-state index is 0. The lowest BCUT2D eigenvalue weighted by Crippen LogP contribution is -2.35. The molecule has 3 aliphatic heterocycles. The molecule has 0 aliphatic carbocycles. The molecule has 466 valence electrons. The fourth-order valence-electron chi connectivity index (χ4n) is 8.90. The second-order valence-electron chi connectivity index (χ2n) is 18.5. The van der Waals surface area contributed by atoms with Crippen LogP contribution in [0.1, 0.15) is 201 Å². The van der Waals surface area contributed by atoms with Crippen LogP contribution in [0.5, 0.6) is 11.5 Å². The van der Waals surface area contributed by atoms with Crippen LogP contribution >= 0.6 is 0 Å². The topological polar surface area (TPSA) is 191 Å². The first-order valence-electron chi connectivity index (χ1n) is 62.5. The lowest BCUT2D eigenvalue weighted by molar-refractivity contribution is -0.178. The Labute approximate surface area is 535 Å². The minimum atomic E-state index is -1.32. The average Bonchev–Trinajstić information content (AvgIpc) is 1.48. The van der Waals surface area contributed by atoms with Gasteiger partial charge in [-0.3, -0.25) is 14.4 Å². The van der Waals surface area contributed by atoms with Crippen molar-refractivity contribution in [3.8, 4) is 33.8 Å². The molecule has 71 heavy (non-hydrogen) atoms. The average molecular weight is 1220 g/mol. The highest BCUT2D eigenvalue weighted by Gasteiger charge is 2.44. The largest absolute Gasteiger partial charge is 0.465 e. The number of rotatable bonds is 16. The van der Waals surface area contributed by atoms with E-state index in [0.29, 0.717) is 66.3 Å². The van der Waals surface area contributed by atoms with Crippen molar-refractivity contribution < 1.29 is 181 Å². The van der Waals surface area contributed by atoms with Gasteiger partial charge in [-0.2, -0.15) is 0 Å². The van der Waals surface area contributed by atoms with Gasteiger partial charge in [0.25, 0.3) is 0 Å². The molecule has 12 atom stereocenters. The van der Waals surface area contributed by atoms with Gasteiger partial charge in [-0.15, -0.1) is 0 Å². The zero-order valence-electron chi connectivity index (χ0n) is 118. The molecule has 5 N–H and O–H groups in total. The number of hydrogen-bond donors (Lipinski definition) is 5. The molecule has 4 aromatic carbocycles. The quantitative estimate of drug-likeness (QED) is 0.0668. The Morgan fingerprint density at radius 1 is 0.606 bits per heavy atom. The molecule has 3 heterocycles. The molecule has 2 unspecified atom stereocenters. The normalized spacial score (nSPS) is 30.8. The fourth-order valence-corrected chi connectivity index (χ4v) is 8.90. The Bertz CT molecular complexity index is 2380. The number of carbonyl (C=O) groups excluding carboxylic acids is 3. The first kappa shape index (κ1) is 23.6. The number of carbonyl (C=O) groups is 3. The number of hydrogen-bond acceptors (Lipinski definition) is 12. The van der Waals surface area contributed by atoms with Gasteiger partial charge in [0.05, 0.1) is 18.8 Å². The molecular formula is C55H150F2N2O12. The highest BCUT2D eigenvalue weighted by molar-refractivity contribution is 5.74. The van der Waals surface area contributed by atoms with E-state index in [0.717, 1.165) is 35.1 Å². The molecule has 2 amide bonds. The van der Waals surface area contributed by atoms with Crippen molar-refractivity contribution in [2.45, 2.75) is 137 Å². The zero-order chi connectivity index (χ0) is 128. The second-order valence-corrected chi connectivity index (χ2v) is 18.5. The van der Waals surface area contributed by atoms with E-state index in [9.17, 15) is 38.5 Å². The van der Waals surface area contributed by atoms with E-state index < -0.39 is 31.2 Å². The third kappa shape index (κ3) is 15.7. The van der Waals surface area contributed by atoms with E-state index in [1.165, 1.54) is 45.0 Å². The molecule has 7 rings (SSSR count). The second kappa shape index (κ2) is 26.8. The number of nitrogens with one attached hydrogen (secondary N) is 2. The van der Waals surface area contributed by atoms with Crippen LogP contribution in [0.3, 0.4) is 0 Å². The summed E-state index contributed by atoms with van der Waals surface area (Å²) in [7, 11) is 0. The minimum Gasteiger partial charge on any atom is -0.465 e. The van der Waals surface area contributed by atoms with Gasteiger partial charge in [-0.25, -0.2) is 8.78 Å². The number of aliphatic hydroxyl groups is 3. The van der Waals surface area contributed by atoms with E-state index in [1.54, 1.807) is 36.4 Å². The van der Waals surface area contributed by atoms with Crippen molar-refractivity contribution in [3.05, 3.63) is 108 Å². The fraction of sp³-hybridized carbons (Fsp3) is 0.509. The summed E-state index contributed by atoms with van der Waals surface area (Å²) in [5.41, 5.74) is 4.93. The summed E-state index contributed by atoms with van der Waals surface area (Å²) in [6.45, 7) is 17.6. The van der Waals surface area contributed by atoms with Crippen molar-refractivity contribution in [2.24, 2.45) is 23.7 Å². The molecule has 0 radical (unpaired) electrons. The van der Waals surface area contributed by atoms with E-state index in [1.807, 2.05) is 24.3 Å².